The molecule has 110 valence electrons. The number of benzene rings is 1. The van der Waals surface area contributed by atoms with Crippen LogP contribution in [0, 0.1) is 11.8 Å². The summed E-state index contributed by atoms with van der Waals surface area (Å²) in [5.41, 5.74) is 1.40. The van der Waals surface area contributed by atoms with E-state index in [0.29, 0.717) is 12.0 Å². The molecule has 2 bridgehead atoms. The van der Waals surface area contributed by atoms with Crippen molar-refractivity contribution in [2.45, 2.75) is 32.4 Å². The molecule has 1 aliphatic carbocycles. The van der Waals surface area contributed by atoms with Crippen LogP contribution >= 0.6 is 12.4 Å². The maximum atomic E-state index is 11.1. The van der Waals surface area contributed by atoms with Crippen LogP contribution in [0.15, 0.2) is 30.3 Å². The van der Waals surface area contributed by atoms with Crippen LogP contribution in [0.4, 0.5) is 0 Å². The van der Waals surface area contributed by atoms with Crippen LogP contribution in [0.5, 0.6) is 0 Å². The Kier molecular flexibility index (Phi) is 5.06. The van der Waals surface area contributed by atoms with Crippen molar-refractivity contribution in [2.75, 3.05) is 13.1 Å². The van der Waals surface area contributed by atoms with E-state index in [1.54, 1.807) is 6.92 Å². The summed E-state index contributed by atoms with van der Waals surface area (Å²) in [5.74, 6) is 1.54. The Labute approximate surface area is 127 Å². The lowest BCUT2D eigenvalue weighted by Gasteiger charge is -2.27. The Morgan fingerprint density at radius 1 is 1.30 bits per heavy atom. The highest BCUT2D eigenvalue weighted by molar-refractivity contribution is 5.85. The molecule has 0 radical (unpaired) electrons. The summed E-state index contributed by atoms with van der Waals surface area (Å²) in [6.07, 6.45) is 2.63. The Balaban J connectivity index is 0.00000147. The van der Waals surface area contributed by atoms with E-state index in [0.717, 1.165) is 19.0 Å². The van der Waals surface area contributed by atoms with Gasteiger partial charge in [-0.15, -0.1) is 12.4 Å². The Morgan fingerprint density at radius 2 is 2.05 bits per heavy atom. The first kappa shape index (κ1) is 15.3. The van der Waals surface area contributed by atoms with Crippen molar-refractivity contribution in [2.24, 2.45) is 11.8 Å². The average Bonchev–Trinajstić information content (AvgIpc) is 2.94. The molecule has 0 aromatic heterocycles. The van der Waals surface area contributed by atoms with Crippen molar-refractivity contribution >= 4 is 18.3 Å². The van der Waals surface area contributed by atoms with Crippen LogP contribution < -0.4 is 5.32 Å². The predicted molar refractivity (Wildman–Crippen MR) is 82.8 cm³/mol. The maximum Gasteiger partial charge on any atom is 0.216 e. The van der Waals surface area contributed by atoms with Crippen molar-refractivity contribution in [3.05, 3.63) is 35.9 Å². The van der Waals surface area contributed by atoms with Crippen LogP contribution in [0.25, 0.3) is 0 Å². The fourth-order valence-corrected chi connectivity index (χ4v) is 3.81. The number of carbonyl (C=O) groups excluding carboxylic acids is 1. The molecule has 3 atom stereocenters. The summed E-state index contributed by atoms with van der Waals surface area (Å²) < 4.78 is 0. The van der Waals surface area contributed by atoms with E-state index >= 15 is 0 Å². The lowest BCUT2D eigenvalue weighted by Crippen LogP contribution is -2.36. The largest absolute Gasteiger partial charge is 0.356 e. The van der Waals surface area contributed by atoms with Gasteiger partial charge in [0.15, 0.2) is 0 Å². The van der Waals surface area contributed by atoms with Gasteiger partial charge in [-0.1, -0.05) is 30.3 Å². The number of piperidine rings is 1. The van der Waals surface area contributed by atoms with Crippen LogP contribution in [0.1, 0.15) is 25.3 Å². The molecule has 1 aromatic carbocycles. The maximum absolute atomic E-state index is 11.1. The van der Waals surface area contributed by atoms with Crippen molar-refractivity contribution in [3.8, 4) is 0 Å². The quantitative estimate of drug-likeness (QED) is 0.925. The van der Waals surface area contributed by atoms with Gasteiger partial charge in [-0.25, -0.2) is 0 Å². The topological polar surface area (TPSA) is 32.3 Å². The van der Waals surface area contributed by atoms with Crippen molar-refractivity contribution in [3.63, 3.8) is 0 Å². The fraction of sp³-hybridized carbons (Fsp3) is 0.562. The minimum Gasteiger partial charge on any atom is -0.356 e. The lowest BCUT2D eigenvalue weighted by atomic mass is 9.98. The predicted octanol–water partition coefficient (Wildman–Crippen LogP) is 2.45. The molecule has 1 saturated carbocycles. The number of halogens is 1. The van der Waals surface area contributed by atoms with Gasteiger partial charge in [-0.2, -0.15) is 0 Å². The third-order valence-electron chi connectivity index (χ3n) is 4.69. The third-order valence-corrected chi connectivity index (χ3v) is 4.69. The molecular weight excluding hydrogens is 272 g/mol. The van der Waals surface area contributed by atoms with E-state index in [2.05, 4.69) is 40.5 Å². The Morgan fingerprint density at radius 3 is 2.75 bits per heavy atom. The monoisotopic (exact) mass is 294 g/mol. The molecule has 1 aromatic rings. The number of nitrogens with zero attached hydrogens (tertiary/aromatic N) is 1. The lowest BCUT2D eigenvalue weighted by molar-refractivity contribution is -0.119. The summed E-state index contributed by atoms with van der Waals surface area (Å²) in [4.78, 5) is 13.7. The molecule has 1 aliphatic heterocycles. The average molecular weight is 295 g/mol. The normalized spacial score (nSPS) is 28.1. The summed E-state index contributed by atoms with van der Waals surface area (Å²) in [6.45, 7) is 4.72. The molecule has 20 heavy (non-hydrogen) atoms. The van der Waals surface area contributed by atoms with Crippen LogP contribution in [-0.2, 0) is 11.3 Å². The second kappa shape index (κ2) is 6.59. The highest BCUT2D eigenvalue weighted by atomic mass is 35.5. The zero-order chi connectivity index (χ0) is 13.2. The van der Waals surface area contributed by atoms with Crippen molar-refractivity contribution in [1.82, 2.24) is 10.2 Å². The number of rotatable bonds is 4. The minimum absolute atomic E-state index is 0. The summed E-state index contributed by atoms with van der Waals surface area (Å²) in [7, 11) is 0. The van der Waals surface area contributed by atoms with Crippen LogP contribution in [0.2, 0.25) is 0 Å². The summed E-state index contributed by atoms with van der Waals surface area (Å²) >= 11 is 0. The zero-order valence-corrected chi connectivity index (χ0v) is 12.7. The Hall–Kier alpha value is -1.06. The highest BCUT2D eigenvalue weighted by Crippen LogP contribution is 2.42. The van der Waals surface area contributed by atoms with Crippen molar-refractivity contribution in [1.29, 1.82) is 0 Å². The van der Waals surface area contributed by atoms with E-state index in [-0.39, 0.29) is 18.3 Å². The first-order valence-corrected chi connectivity index (χ1v) is 7.26. The number of nitrogens with one attached hydrogen (secondary N) is 1. The molecule has 3 unspecified atom stereocenters. The molecule has 1 N–H and O–H groups in total. The number of likely N-dealkylation sites (tertiary alicyclic amines) is 1. The zero-order valence-electron chi connectivity index (χ0n) is 11.9. The molecule has 2 fully saturated rings. The van der Waals surface area contributed by atoms with Gasteiger partial charge >= 0.3 is 0 Å². The molecule has 0 spiro atoms. The standard InChI is InChI=1S/C16H22N2O.ClH/c1-12(19)17-9-15-14-7-8-16(15)18(11-14)10-13-5-3-2-4-6-13;/h2-6,14-16H,7-11H2,1H3,(H,17,19);1H. The number of carbonyl (C=O) groups is 1. The van der Waals surface area contributed by atoms with Crippen molar-refractivity contribution < 1.29 is 4.79 Å². The summed E-state index contributed by atoms with van der Waals surface area (Å²) in [6, 6.07) is 11.4. The molecule has 1 saturated heterocycles. The molecule has 1 heterocycles. The molecular formula is C16H23ClN2O. The van der Waals surface area contributed by atoms with E-state index in [1.165, 1.54) is 24.9 Å². The third kappa shape index (κ3) is 3.15. The number of fused-ring (bicyclic) bond motifs is 2. The van der Waals surface area contributed by atoms with Crippen LogP contribution in [-0.4, -0.2) is 29.9 Å². The van der Waals surface area contributed by atoms with Gasteiger partial charge in [0.05, 0.1) is 0 Å². The van der Waals surface area contributed by atoms with Gasteiger partial charge in [-0.3, -0.25) is 9.69 Å². The SMILES string of the molecule is CC(=O)NCC1C2CCC1N(Cc1ccccc1)C2.Cl. The molecule has 4 heteroatoms. The molecule has 3 rings (SSSR count). The van der Waals surface area contributed by atoms with Gasteiger partial charge < -0.3 is 5.32 Å². The molecule has 1 amide bonds. The van der Waals surface area contributed by atoms with Gasteiger partial charge in [0.25, 0.3) is 0 Å². The van der Waals surface area contributed by atoms with Gasteiger partial charge in [-0.05, 0) is 30.2 Å². The fourth-order valence-electron chi connectivity index (χ4n) is 3.81. The van der Waals surface area contributed by atoms with E-state index in [1.807, 2.05) is 0 Å². The van der Waals surface area contributed by atoms with Gasteiger partial charge in [0.2, 0.25) is 5.91 Å². The minimum atomic E-state index is 0. The second-order valence-electron chi connectivity index (χ2n) is 5.92. The number of amides is 1. The first-order valence-electron chi connectivity index (χ1n) is 7.26. The first-order chi connectivity index (χ1) is 9.24. The molecule has 3 nitrogen and oxygen atoms in total. The van der Waals surface area contributed by atoms with Crippen LogP contribution in [0.3, 0.4) is 0 Å². The van der Waals surface area contributed by atoms with Gasteiger partial charge in [0, 0.05) is 32.6 Å². The van der Waals surface area contributed by atoms with E-state index < -0.39 is 0 Å². The highest BCUT2D eigenvalue weighted by Gasteiger charge is 2.46. The Bertz CT molecular complexity index is 451. The van der Waals surface area contributed by atoms with E-state index in [9.17, 15) is 4.79 Å². The molecule has 2 aliphatic rings. The second-order valence-corrected chi connectivity index (χ2v) is 5.92. The number of hydrogen-bond acceptors (Lipinski definition) is 2. The smallest absolute Gasteiger partial charge is 0.216 e. The summed E-state index contributed by atoms with van der Waals surface area (Å²) in [5, 5.41) is 3.01. The van der Waals surface area contributed by atoms with E-state index in [4.69, 9.17) is 0 Å². The number of hydrogen-bond donors (Lipinski definition) is 1. The van der Waals surface area contributed by atoms with Gasteiger partial charge in [0.1, 0.15) is 0 Å².